The van der Waals surface area contributed by atoms with E-state index in [9.17, 15) is 9.59 Å². The van der Waals surface area contributed by atoms with E-state index in [-0.39, 0.29) is 17.9 Å². The van der Waals surface area contributed by atoms with Crippen LogP contribution in [0.3, 0.4) is 0 Å². The Morgan fingerprint density at radius 2 is 1.96 bits per heavy atom. The van der Waals surface area contributed by atoms with Crippen molar-refractivity contribution in [2.75, 3.05) is 13.1 Å². The van der Waals surface area contributed by atoms with Gasteiger partial charge in [0.05, 0.1) is 17.2 Å². The lowest BCUT2D eigenvalue weighted by atomic mass is 9.85. The standard InChI is InChI=1S/C19H23N5O2/c1-18(2,15-6-3-4-9-20-15)17(26)23-12-14(13-23)22-16(25)19(7-8-19)24-11-5-10-21-24/h3-6,9-11,14H,7-8,12-13H2,1-2H3,(H,22,25). The van der Waals surface area contributed by atoms with Gasteiger partial charge in [0.25, 0.3) is 0 Å². The second-order valence-electron chi connectivity index (χ2n) is 7.70. The third-order valence-electron chi connectivity index (χ3n) is 5.43. The van der Waals surface area contributed by atoms with E-state index in [4.69, 9.17) is 0 Å². The first-order valence-electron chi connectivity index (χ1n) is 8.95. The summed E-state index contributed by atoms with van der Waals surface area (Å²) in [6.45, 7) is 4.85. The van der Waals surface area contributed by atoms with E-state index < -0.39 is 11.0 Å². The number of carbonyl (C=O) groups is 2. The fraction of sp³-hybridized carbons (Fsp3) is 0.474. The van der Waals surface area contributed by atoms with E-state index >= 15 is 0 Å². The van der Waals surface area contributed by atoms with Gasteiger partial charge in [-0.3, -0.25) is 19.3 Å². The van der Waals surface area contributed by atoms with Gasteiger partial charge in [0.2, 0.25) is 11.8 Å². The molecule has 7 heteroatoms. The van der Waals surface area contributed by atoms with E-state index in [0.717, 1.165) is 18.5 Å². The molecule has 1 aliphatic heterocycles. The van der Waals surface area contributed by atoms with Gasteiger partial charge in [0, 0.05) is 31.7 Å². The molecular weight excluding hydrogens is 330 g/mol. The summed E-state index contributed by atoms with van der Waals surface area (Å²) >= 11 is 0. The summed E-state index contributed by atoms with van der Waals surface area (Å²) in [7, 11) is 0. The van der Waals surface area contributed by atoms with Crippen LogP contribution < -0.4 is 5.32 Å². The van der Waals surface area contributed by atoms with Gasteiger partial charge in [0.1, 0.15) is 5.54 Å². The largest absolute Gasteiger partial charge is 0.348 e. The Morgan fingerprint density at radius 1 is 1.19 bits per heavy atom. The molecule has 1 saturated heterocycles. The molecular formula is C19H23N5O2. The van der Waals surface area contributed by atoms with Gasteiger partial charge in [-0.1, -0.05) is 6.07 Å². The minimum Gasteiger partial charge on any atom is -0.348 e. The van der Waals surface area contributed by atoms with Crippen LogP contribution in [0, 0.1) is 0 Å². The topological polar surface area (TPSA) is 80.1 Å². The van der Waals surface area contributed by atoms with Crippen molar-refractivity contribution in [3.05, 3.63) is 48.5 Å². The number of aromatic nitrogens is 3. The number of hydrogen-bond acceptors (Lipinski definition) is 4. The van der Waals surface area contributed by atoms with E-state index in [2.05, 4.69) is 15.4 Å². The summed E-state index contributed by atoms with van der Waals surface area (Å²) in [6, 6.07) is 7.43. The van der Waals surface area contributed by atoms with Gasteiger partial charge in [-0.05, 0) is 44.9 Å². The number of hydrogen-bond donors (Lipinski definition) is 1. The average molecular weight is 353 g/mol. The Labute approximate surface area is 152 Å². The maximum Gasteiger partial charge on any atom is 0.248 e. The molecule has 2 fully saturated rings. The summed E-state index contributed by atoms with van der Waals surface area (Å²) in [4.78, 5) is 31.6. The first-order chi connectivity index (χ1) is 12.4. The van der Waals surface area contributed by atoms with Crippen molar-refractivity contribution < 1.29 is 9.59 Å². The molecule has 3 heterocycles. The highest BCUT2D eigenvalue weighted by molar-refractivity contribution is 5.89. The highest BCUT2D eigenvalue weighted by Crippen LogP contribution is 2.43. The van der Waals surface area contributed by atoms with Gasteiger partial charge in [0.15, 0.2) is 0 Å². The van der Waals surface area contributed by atoms with Crippen molar-refractivity contribution in [1.82, 2.24) is 25.0 Å². The molecule has 2 aliphatic rings. The molecule has 0 radical (unpaired) electrons. The number of rotatable bonds is 5. The number of nitrogens with one attached hydrogen (secondary N) is 1. The number of likely N-dealkylation sites (tertiary alicyclic amines) is 1. The summed E-state index contributed by atoms with van der Waals surface area (Å²) in [5.41, 5.74) is -0.447. The Hall–Kier alpha value is -2.70. The van der Waals surface area contributed by atoms with Crippen LogP contribution in [0.2, 0.25) is 0 Å². The van der Waals surface area contributed by atoms with Crippen molar-refractivity contribution >= 4 is 11.8 Å². The highest BCUT2D eigenvalue weighted by atomic mass is 16.2. The summed E-state index contributed by atoms with van der Waals surface area (Å²) < 4.78 is 1.74. The van der Waals surface area contributed by atoms with Crippen LogP contribution in [0.25, 0.3) is 0 Å². The quantitative estimate of drug-likeness (QED) is 0.872. The van der Waals surface area contributed by atoms with Crippen molar-refractivity contribution in [3.63, 3.8) is 0 Å². The molecule has 2 aromatic rings. The van der Waals surface area contributed by atoms with Crippen LogP contribution in [0.5, 0.6) is 0 Å². The maximum absolute atomic E-state index is 12.8. The lowest BCUT2D eigenvalue weighted by Gasteiger charge is -2.43. The molecule has 7 nitrogen and oxygen atoms in total. The van der Waals surface area contributed by atoms with Crippen molar-refractivity contribution in [2.24, 2.45) is 0 Å². The Kier molecular flexibility index (Phi) is 3.82. The monoisotopic (exact) mass is 353 g/mol. The molecule has 0 aromatic carbocycles. The Balaban J connectivity index is 1.34. The molecule has 0 spiro atoms. The lowest BCUT2D eigenvalue weighted by Crippen LogP contribution is -2.64. The van der Waals surface area contributed by atoms with Crippen LogP contribution in [0.1, 0.15) is 32.4 Å². The number of nitrogens with zero attached hydrogens (tertiary/aromatic N) is 4. The van der Waals surface area contributed by atoms with Gasteiger partial charge < -0.3 is 10.2 Å². The van der Waals surface area contributed by atoms with Crippen LogP contribution in [-0.4, -0.2) is 50.6 Å². The fourth-order valence-corrected chi connectivity index (χ4v) is 3.49. The zero-order chi connectivity index (χ0) is 18.4. The number of carbonyl (C=O) groups excluding carboxylic acids is 2. The minimum absolute atomic E-state index is 0.000908. The molecule has 1 aliphatic carbocycles. The van der Waals surface area contributed by atoms with E-state index in [1.54, 1.807) is 22.0 Å². The minimum atomic E-state index is -0.678. The number of pyridine rings is 1. The highest BCUT2D eigenvalue weighted by Gasteiger charge is 2.53. The van der Waals surface area contributed by atoms with E-state index in [1.807, 2.05) is 44.3 Å². The van der Waals surface area contributed by atoms with Gasteiger partial charge in [-0.15, -0.1) is 0 Å². The second kappa shape index (κ2) is 5.93. The smallest absolute Gasteiger partial charge is 0.248 e. The predicted octanol–water partition coefficient (Wildman–Crippen LogP) is 1.07. The van der Waals surface area contributed by atoms with E-state index in [1.165, 1.54) is 0 Å². The first kappa shape index (κ1) is 16.8. The van der Waals surface area contributed by atoms with Gasteiger partial charge in [-0.2, -0.15) is 5.10 Å². The van der Waals surface area contributed by atoms with Gasteiger partial charge >= 0.3 is 0 Å². The normalized spacial score (nSPS) is 18.9. The molecule has 26 heavy (non-hydrogen) atoms. The van der Waals surface area contributed by atoms with Crippen LogP contribution in [0.4, 0.5) is 0 Å². The molecule has 2 amide bonds. The van der Waals surface area contributed by atoms with Crippen LogP contribution in [0.15, 0.2) is 42.9 Å². The molecule has 0 atom stereocenters. The van der Waals surface area contributed by atoms with Gasteiger partial charge in [-0.25, -0.2) is 0 Å². The third kappa shape index (κ3) is 2.67. The zero-order valence-corrected chi connectivity index (χ0v) is 15.1. The summed E-state index contributed by atoms with van der Waals surface area (Å²) in [5.74, 6) is 0.0391. The summed E-state index contributed by atoms with van der Waals surface area (Å²) in [6.07, 6.45) is 6.84. The Morgan fingerprint density at radius 3 is 2.54 bits per heavy atom. The molecule has 2 aromatic heterocycles. The Bertz CT molecular complexity index is 806. The molecule has 0 bridgehead atoms. The SMILES string of the molecule is CC(C)(C(=O)N1CC(NC(=O)C2(n3cccn3)CC2)C1)c1ccccn1. The fourth-order valence-electron chi connectivity index (χ4n) is 3.49. The predicted molar refractivity (Wildman–Crippen MR) is 95.2 cm³/mol. The second-order valence-corrected chi connectivity index (χ2v) is 7.70. The third-order valence-corrected chi connectivity index (χ3v) is 5.43. The molecule has 1 saturated carbocycles. The van der Waals surface area contributed by atoms with Crippen LogP contribution in [-0.2, 0) is 20.5 Å². The number of amides is 2. The lowest BCUT2D eigenvalue weighted by molar-refractivity contribution is -0.143. The zero-order valence-electron chi connectivity index (χ0n) is 15.1. The van der Waals surface area contributed by atoms with E-state index in [0.29, 0.717) is 13.1 Å². The summed E-state index contributed by atoms with van der Waals surface area (Å²) in [5, 5.41) is 7.29. The molecule has 136 valence electrons. The van der Waals surface area contributed by atoms with Crippen molar-refractivity contribution in [2.45, 2.75) is 43.7 Å². The first-order valence-corrected chi connectivity index (χ1v) is 8.95. The van der Waals surface area contributed by atoms with Crippen molar-refractivity contribution in [3.8, 4) is 0 Å². The molecule has 1 N–H and O–H groups in total. The average Bonchev–Trinajstić information content (AvgIpc) is 3.24. The molecule has 0 unspecified atom stereocenters. The van der Waals surface area contributed by atoms with Crippen LogP contribution >= 0.6 is 0 Å². The van der Waals surface area contributed by atoms with Crippen molar-refractivity contribution in [1.29, 1.82) is 0 Å². The maximum atomic E-state index is 12.8. The molecule has 4 rings (SSSR count).